The topological polar surface area (TPSA) is 179 Å². The number of carboxylic acid groups (broad SMARTS) is 1. The summed E-state index contributed by atoms with van der Waals surface area (Å²) in [5.41, 5.74) is 0.952. The molecule has 3 heterocycles. The first kappa shape index (κ1) is 36.6. The Balaban J connectivity index is 1.20. The minimum Gasteiger partial charge on any atom is -0.495 e. The van der Waals surface area contributed by atoms with Gasteiger partial charge in [0.25, 0.3) is 5.91 Å². The number of aliphatic carboxylic acids is 1. The molecule has 1 aromatic carbocycles. The lowest BCUT2D eigenvalue weighted by atomic mass is 10.0. The van der Waals surface area contributed by atoms with Crippen LogP contribution in [0, 0.1) is 0 Å². The van der Waals surface area contributed by atoms with Crippen molar-refractivity contribution in [2.24, 2.45) is 0 Å². The molecule has 3 amide bonds. The van der Waals surface area contributed by atoms with Gasteiger partial charge >= 0.3 is 12.1 Å². The van der Waals surface area contributed by atoms with Crippen molar-refractivity contribution in [2.75, 3.05) is 48.9 Å². The number of fused-ring (bicyclic) bond motifs is 1. The highest BCUT2D eigenvalue weighted by atomic mass is 16.6. The van der Waals surface area contributed by atoms with Crippen molar-refractivity contribution in [3.05, 3.63) is 30.0 Å². The summed E-state index contributed by atoms with van der Waals surface area (Å²) in [5.74, 6) is 0.198. The number of rotatable bonds is 12. The fourth-order valence-electron chi connectivity index (χ4n) is 6.94. The molecule has 3 atom stereocenters. The lowest BCUT2D eigenvalue weighted by Crippen LogP contribution is -2.55. The molecule has 1 aromatic heterocycles. The quantitative estimate of drug-likeness (QED) is 0.252. The van der Waals surface area contributed by atoms with Gasteiger partial charge in [0, 0.05) is 44.3 Å². The molecule has 3 aliphatic rings. The van der Waals surface area contributed by atoms with E-state index in [1.807, 2.05) is 6.92 Å². The number of nitrogens with one attached hydrogen (secondary N) is 3. The Kier molecular flexibility index (Phi) is 11.3. The Labute approximate surface area is 293 Å². The number of methoxy groups -OCH3 is 1. The van der Waals surface area contributed by atoms with Crippen LogP contribution in [0.1, 0.15) is 83.0 Å². The molecule has 1 aliphatic carbocycles. The van der Waals surface area contributed by atoms with Gasteiger partial charge in [0.2, 0.25) is 11.9 Å². The highest BCUT2D eigenvalue weighted by molar-refractivity contribution is 6.04. The lowest BCUT2D eigenvalue weighted by molar-refractivity contribution is -0.139. The van der Waals surface area contributed by atoms with Gasteiger partial charge in [0.15, 0.2) is 5.82 Å². The summed E-state index contributed by atoms with van der Waals surface area (Å²) in [6.07, 6.45) is 6.79. The van der Waals surface area contributed by atoms with E-state index in [0.717, 1.165) is 31.5 Å². The maximum Gasteiger partial charge on any atom is 0.408 e. The van der Waals surface area contributed by atoms with Crippen LogP contribution in [0.2, 0.25) is 0 Å². The Hall–Kier alpha value is -4.66. The first-order chi connectivity index (χ1) is 23.8. The van der Waals surface area contributed by atoms with Crippen LogP contribution >= 0.6 is 0 Å². The second-order valence-corrected chi connectivity index (χ2v) is 14.2. The van der Waals surface area contributed by atoms with E-state index < -0.39 is 23.7 Å². The Morgan fingerprint density at radius 2 is 1.88 bits per heavy atom. The largest absolute Gasteiger partial charge is 0.495 e. The fraction of sp³-hybridized carbons (Fsp3) is 0.600. The van der Waals surface area contributed by atoms with Crippen molar-refractivity contribution in [1.82, 2.24) is 25.5 Å². The van der Waals surface area contributed by atoms with E-state index in [2.05, 4.69) is 30.7 Å². The Bertz CT molecular complexity index is 1570. The van der Waals surface area contributed by atoms with Crippen LogP contribution in [0.5, 0.6) is 5.75 Å². The molecule has 1 saturated carbocycles. The van der Waals surface area contributed by atoms with Gasteiger partial charge in [0.05, 0.1) is 19.0 Å². The number of likely N-dealkylation sites (N-methyl/N-ethyl adjacent to an activating group) is 1. The number of carbonyl (C=O) groups is 4. The van der Waals surface area contributed by atoms with Gasteiger partial charge in [0.1, 0.15) is 29.1 Å². The maximum absolute atomic E-state index is 13.3. The highest BCUT2D eigenvalue weighted by Gasteiger charge is 2.41. The van der Waals surface area contributed by atoms with Crippen LogP contribution in [-0.2, 0) is 14.3 Å². The molecule has 0 spiro atoms. The molecule has 2 fully saturated rings. The molecular formula is C35H50N8O7. The van der Waals surface area contributed by atoms with Gasteiger partial charge in [-0.25, -0.2) is 14.6 Å². The summed E-state index contributed by atoms with van der Waals surface area (Å²) in [5, 5.41) is 18.3. The van der Waals surface area contributed by atoms with Crippen molar-refractivity contribution >= 4 is 47.0 Å². The molecule has 1 saturated heterocycles. The van der Waals surface area contributed by atoms with E-state index in [1.165, 1.54) is 7.11 Å². The number of amides is 3. The van der Waals surface area contributed by atoms with Crippen molar-refractivity contribution in [1.29, 1.82) is 0 Å². The zero-order valence-electron chi connectivity index (χ0n) is 29.8. The number of alkyl carbamates (subject to hydrolysis) is 1. The van der Waals surface area contributed by atoms with Crippen LogP contribution in [-0.4, -0.2) is 107 Å². The molecule has 1 unspecified atom stereocenters. The summed E-state index contributed by atoms with van der Waals surface area (Å²) in [6, 6.07) is 3.87. The highest BCUT2D eigenvalue weighted by Crippen LogP contribution is 2.40. The van der Waals surface area contributed by atoms with Crippen molar-refractivity contribution in [2.45, 2.75) is 102 Å². The average Bonchev–Trinajstić information content (AvgIpc) is 3.76. The number of aromatic nitrogens is 2. The lowest BCUT2D eigenvalue weighted by Gasteiger charge is -2.43. The summed E-state index contributed by atoms with van der Waals surface area (Å²) in [7, 11) is 3.30. The minimum absolute atomic E-state index is 0.0523. The molecule has 2 aromatic rings. The third-order valence-corrected chi connectivity index (χ3v) is 9.45. The first-order valence-electron chi connectivity index (χ1n) is 17.4. The standard InChI is InChI=1S/C35H50N8O7/c1-7-26-31(45)41(5)27-19-36-33(40-29(27)43(26)23-10-8-9-11-23)38-24-13-12-21(18-28(24)49-6)30(44)37-22-14-16-42(20-22)17-15-25(32(46)47)39-34(48)50-35(2,3)4/h12-13,18-19,22-23,25-26H,7-11,14-17,20H2,1-6H3,(H,37,44)(H,39,48)(H,46,47)(H,36,38,40)/t22?,25-,26+/m0/s1. The number of carbonyl (C=O) groups excluding carboxylic acids is 3. The average molecular weight is 695 g/mol. The molecular weight excluding hydrogens is 644 g/mol. The molecule has 272 valence electrons. The van der Waals surface area contributed by atoms with Gasteiger partial charge in [-0.3, -0.25) is 9.59 Å². The predicted molar refractivity (Wildman–Crippen MR) is 188 cm³/mol. The monoisotopic (exact) mass is 694 g/mol. The number of carboxylic acids is 1. The maximum atomic E-state index is 13.3. The normalized spacial score (nSPS) is 20.3. The van der Waals surface area contributed by atoms with Crippen LogP contribution in [0.4, 0.5) is 27.9 Å². The first-order valence-corrected chi connectivity index (χ1v) is 17.4. The molecule has 4 N–H and O–H groups in total. The van der Waals surface area contributed by atoms with E-state index in [4.69, 9.17) is 14.5 Å². The summed E-state index contributed by atoms with van der Waals surface area (Å²) < 4.78 is 10.8. The number of ether oxygens (including phenoxy) is 2. The van der Waals surface area contributed by atoms with Crippen LogP contribution in [0.15, 0.2) is 24.4 Å². The predicted octanol–water partition coefficient (Wildman–Crippen LogP) is 3.90. The molecule has 2 aliphatic heterocycles. The number of hydrogen-bond donors (Lipinski definition) is 4. The van der Waals surface area contributed by atoms with E-state index in [1.54, 1.807) is 57.1 Å². The fourth-order valence-corrected chi connectivity index (χ4v) is 6.94. The Morgan fingerprint density at radius 3 is 2.54 bits per heavy atom. The zero-order chi connectivity index (χ0) is 36.2. The number of anilines is 4. The smallest absolute Gasteiger partial charge is 0.408 e. The SMILES string of the molecule is CC[C@@H]1C(=O)N(C)c2cnc(Nc3ccc(C(=O)NC4CCN(CC[C@H](NC(=O)OC(C)(C)C)C(=O)O)C4)cc3OC)nc2N1C1CCCC1. The number of nitrogens with zero attached hydrogens (tertiary/aromatic N) is 5. The molecule has 0 bridgehead atoms. The molecule has 15 heteroatoms. The van der Waals surface area contributed by atoms with Crippen LogP contribution in [0.3, 0.4) is 0 Å². The van der Waals surface area contributed by atoms with E-state index in [-0.39, 0.29) is 36.4 Å². The number of hydrogen-bond acceptors (Lipinski definition) is 11. The van der Waals surface area contributed by atoms with Gasteiger partial charge in [-0.05, 0) is 71.1 Å². The Morgan fingerprint density at radius 1 is 1.14 bits per heavy atom. The summed E-state index contributed by atoms with van der Waals surface area (Å²) in [4.78, 5) is 65.6. The second-order valence-electron chi connectivity index (χ2n) is 14.2. The van der Waals surface area contributed by atoms with Crippen LogP contribution in [0.25, 0.3) is 0 Å². The van der Waals surface area contributed by atoms with E-state index in [0.29, 0.717) is 61.1 Å². The third kappa shape index (κ3) is 8.55. The van der Waals surface area contributed by atoms with Crippen LogP contribution < -0.4 is 30.5 Å². The van der Waals surface area contributed by atoms with Gasteiger partial charge < -0.3 is 45.2 Å². The molecule has 5 rings (SSSR count). The number of likely N-dealkylation sites (tertiary alicyclic amines) is 1. The molecule has 0 radical (unpaired) electrons. The van der Waals surface area contributed by atoms with Crippen molar-refractivity contribution in [3.8, 4) is 5.75 Å². The van der Waals surface area contributed by atoms with Gasteiger partial charge in [-0.1, -0.05) is 19.8 Å². The van der Waals surface area contributed by atoms with E-state index in [9.17, 15) is 24.3 Å². The van der Waals surface area contributed by atoms with Gasteiger partial charge in [-0.15, -0.1) is 0 Å². The summed E-state index contributed by atoms with van der Waals surface area (Å²) >= 11 is 0. The van der Waals surface area contributed by atoms with Crippen molar-refractivity contribution in [3.63, 3.8) is 0 Å². The summed E-state index contributed by atoms with van der Waals surface area (Å²) in [6.45, 7) is 8.82. The number of benzene rings is 1. The van der Waals surface area contributed by atoms with E-state index >= 15 is 0 Å². The minimum atomic E-state index is -1.13. The molecule has 50 heavy (non-hydrogen) atoms. The van der Waals surface area contributed by atoms with Gasteiger partial charge in [-0.2, -0.15) is 4.98 Å². The zero-order valence-corrected chi connectivity index (χ0v) is 29.8. The second kappa shape index (κ2) is 15.5. The third-order valence-electron chi connectivity index (χ3n) is 9.45. The molecule has 15 nitrogen and oxygen atoms in total. The van der Waals surface area contributed by atoms with Crippen molar-refractivity contribution < 1.29 is 33.8 Å².